The number of carbonyl (C=O) groups excluding carboxylic acids is 1. The maximum Gasteiger partial charge on any atom is 0.274 e. The van der Waals surface area contributed by atoms with E-state index in [0.717, 1.165) is 28.0 Å². The van der Waals surface area contributed by atoms with Crippen LogP contribution in [-0.2, 0) is 4.79 Å². The van der Waals surface area contributed by atoms with Gasteiger partial charge in [-0.05, 0) is 43.2 Å². The highest BCUT2D eigenvalue weighted by Gasteiger charge is 2.35. The Labute approximate surface area is 232 Å². The predicted octanol–water partition coefficient (Wildman–Crippen LogP) is 3.50. The van der Waals surface area contributed by atoms with Gasteiger partial charge in [0.25, 0.3) is 17.2 Å². The molecule has 0 aliphatic carbocycles. The average molecular weight is 550 g/mol. The summed E-state index contributed by atoms with van der Waals surface area (Å²) in [5.74, 6) is -1.43. The van der Waals surface area contributed by atoms with Gasteiger partial charge >= 0.3 is 0 Å². The van der Waals surface area contributed by atoms with E-state index in [1.165, 1.54) is 28.8 Å². The topological polar surface area (TPSA) is 144 Å². The molecule has 0 bridgehead atoms. The molecule has 3 aromatic carbocycles. The van der Waals surface area contributed by atoms with Gasteiger partial charge in [-0.15, -0.1) is 11.3 Å². The van der Waals surface area contributed by atoms with E-state index in [-0.39, 0.29) is 22.7 Å². The predicted molar refractivity (Wildman–Crippen MR) is 155 cm³/mol. The first kappa shape index (κ1) is 26.3. The number of carbonyl (C=O) groups is 1. The minimum atomic E-state index is -0.839. The van der Waals surface area contributed by atoms with Gasteiger partial charge in [0.15, 0.2) is 0 Å². The lowest BCUT2D eigenvalue weighted by molar-refractivity contribution is -0.384. The molecule has 0 fully saturated rings. The number of hydrogen-bond donors (Lipinski definition) is 2. The van der Waals surface area contributed by atoms with Gasteiger partial charge in [0.1, 0.15) is 10.5 Å². The van der Waals surface area contributed by atoms with Gasteiger partial charge in [0, 0.05) is 17.8 Å². The van der Waals surface area contributed by atoms with Crippen LogP contribution >= 0.6 is 11.3 Å². The van der Waals surface area contributed by atoms with Crippen LogP contribution in [0.15, 0.2) is 83.2 Å². The zero-order valence-corrected chi connectivity index (χ0v) is 22.4. The highest BCUT2D eigenvalue weighted by molar-refractivity contribution is 7.07. The Balaban J connectivity index is 1.76. The van der Waals surface area contributed by atoms with Gasteiger partial charge in [0.2, 0.25) is 0 Å². The van der Waals surface area contributed by atoms with Crippen molar-refractivity contribution < 1.29 is 9.72 Å². The van der Waals surface area contributed by atoms with Gasteiger partial charge in [-0.2, -0.15) is 5.26 Å². The number of aryl methyl sites for hydroxylation is 2. The van der Waals surface area contributed by atoms with E-state index in [1.807, 2.05) is 62.4 Å². The van der Waals surface area contributed by atoms with Crippen LogP contribution in [0.1, 0.15) is 28.2 Å². The first-order valence-electron chi connectivity index (χ1n) is 12.2. The van der Waals surface area contributed by atoms with E-state index in [4.69, 9.17) is 5.73 Å². The molecule has 0 radical (unpaired) electrons. The minimum Gasteiger partial charge on any atom is -0.384 e. The summed E-state index contributed by atoms with van der Waals surface area (Å²) in [6.45, 7) is 3.89. The number of nitrogens with zero attached hydrogens (tertiary/aromatic N) is 3. The van der Waals surface area contributed by atoms with E-state index < -0.39 is 22.3 Å². The van der Waals surface area contributed by atoms with Crippen molar-refractivity contribution >= 4 is 46.1 Å². The molecule has 1 aliphatic heterocycles. The highest BCUT2D eigenvalue weighted by atomic mass is 32.1. The SMILES string of the molecule is Cc1ccc(/C=c2\sc3n(c2=O)C(N)=C(C#N)C(c2ccc(C)cc2)C=3C(=O)Nc2ccc([N+](=O)[O-])cc2)cc1. The summed E-state index contributed by atoms with van der Waals surface area (Å²) in [4.78, 5) is 38.0. The van der Waals surface area contributed by atoms with Gasteiger partial charge in [-0.1, -0.05) is 59.7 Å². The van der Waals surface area contributed by atoms with E-state index >= 15 is 0 Å². The van der Waals surface area contributed by atoms with Gasteiger partial charge < -0.3 is 11.1 Å². The summed E-state index contributed by atoms with van der Waals surface area (Å²) in [5, 5.41) is 24.0. The number of anilines is 1. The van der Waals surface area contributed by atoms with Crippen molar-refractivity contribution in [1.29, 1.82) is 5.26 Å². The molecule has 40 heavy (non-hydrogen) atoms. The molecule has 0 saturated heterocycles. The smallest absolute Gasteiger partial charge is 0.274 e. The second-order valence-electron chi connectivity index (χ2n) is 9.39. The summed E-state index contributed by atoms with van der Waals surface area (Å²) in [5.41, 5.74) is 10.0. The van der Waals surface area contributed by atoms with E-state index in [1.54, 1.807) is 6.08 Å². The Kier molecular flexibility index (Phi) is 6.90. The third-order valence-electron chi connectivity index (χ3n) is 6.64. The minimum absolute atomic E-state index is 0.0280. The van der Waals surface area contributed by atoms with Crippen molar-refractivity contribution in [3.63, 3.8) is 0 Å². The van der Waals surface area contributed by atoms with E-state index in [0.29, 0.717) is 20.4 Å². The number of rotatable bonds is 5. The van der Waals surface area contributed by atoms with E-state index in [9.17, 15) is 25.0 Å². The first-order valence-corrected chi connectivity index (χ1v) is 13.1. The normalized spacial score (nSPS) is 15.0. The molecular weight excluding hydrogens is 526 g/mol. The number of thiazole rings is 1. The standard InChI is InChI=1S/C30H23N5O4S/c1-17-3-7-19(8-4-17)15-24-29(37)34-27(32)23(16-31)25(20-9-5-18(2)6-10-20)26(30(34)40-24)28(36)33-21-11-13-22(14-12-21)35(38)39/h3-15,25H,32H2,1-2H3,(H,33,36)/b24-15-. The van der Waals surface area contributed by atoms with Crippen LogP contribution < -0.4 is 25.8 Å². The second-order valence-corrected chi connectivity index (χ2v) is 10.4. The lowest BCUT2D eigenvalue weighted by Crippen LogP contribution is -2.40. The molecule has 198 valence electrons. The summed E-state index contributed by atoms with van der Waals surface area (Å²) in [7, 11) is 0. The number of benzene rings is 3. The first-order chi connectivity index (χ1) is 19.2. The van der Waals surface area contributed by atoms with Crippen molar-refractivity contribution in [3.8, 4) is 6.07 Å². The van der Waals surface area contributed by atoms with Gasteiger partial charge in [-0.25, -0.2) is 0 Å². The average Bonchev–Trinajstić information content (AvgIpc) is 3.26. The van der Waals surface area contributed by atoms with Crippen molar-refractivity contribution in [1.82, 2.24) is 4.57 Å². The van der Waals surface area contributed by atoms with Crippen LogP contribution in [0, 0.1) is 35.3 Å². The third-order valence-corrected chi connectivity index (χ3v) is 7.74. The summed E-state index contributed by atoms with van der Waals surface area (Å²) < 4.78 is 1.88. The number of nitro benzene ring substituents is 1. The molecule has 4 aromatic rings. The number of amides is 1. The molecule has 1 atom stereocenters. The number of allylic oxidation sites excluding steroid dienone is 1. The van der Waals surface area contributed by atoms with Crippen LogP contribution in [0.4, 0.5) is 11.4 Å². The molecular formula is C30H23N5O4S. The number of hydrogen-bond acceptors (Lipinski definition) is 7. The number of non-ortho nitro benzene ring substituents is 1. The Hall–Kier alpha value is -5.27. The molecule has 10 heteroatoms. The number of aromatic nitrogens is 1. The molecule has 3 N–H and O–H groups in total. The Morgan fingerprint density at radius 2 is 1.65 bits per heavy atom. The van der Waals surface area contributed by atoms with Crippen LogP contribution in [0.3, 0.4) is 0 Å². The molecule has 0 saturated carbocycles. The maximum absolute atomic E-state index is 13.9. The molecule has 1 aliphatic rings. The molecule has 5 rings (SSSR count). The number of nitrogens with one attached hydrogen (secondary N) is 1. The lowest BCUT2D eigenvalue weighted by Gasteiger charge is -2.25. The molecule has 2 heterocycles. The number of fused-ring (bicyclic) bond motifs is 1. The fraction of sp³-hybridized carbons (Fsp3) is 0.100. The zero-order valence-electron chi connectivity index (χ0n) is 21.5. The molecule has 9 nitrogen and oxygen atoms in total. The fourth-order valence-corrected chi connectivity index (χ4v) is 5.71. The van der Waals surface area contributed by atoms with Crippen molar-refractivity contribution in [2.24, 2.45) is 5.73 Å². The van der Waals surface area contributed by atoms with Crippen molar-refractivity contribution in [2.75, 3.05) is 5.32 Å². The highest BCUT2D eigenvalue weighted by Crippen LogP contribution is 2.36. The Bertz CT molecular complexity index is 1910. The quantitative estimate of drug-likeness (QED) is 0.288. The largest absolute Gasteiger partial charge is 0.384 e. The van der Waals surface area contributed by atoms with Crippen LogP contribution in [0.2, 0.25) is 0 Å². The number of nitrogens with two attached hydrogens (primary N) is 1. The molecule has 1 amide bonds. The molecule has 1 unspecified atom stereocenters. The maximum atomic E-state index is 13.9. The molecule has 1 aromatic heterocycles. The Morgan fingerprint density at radius 3 is 2.23 bits per heavy atom. The lowest BCUT2D eigenvalue weighted by atomic mass is 9.83. The molecule has 0 spiro atoms. The van der Waals surface area contributed by atoms with Gasteiger partial charge in [0.05, 0.1) is 32.6 Å². The van der Waals surface area contributed by atoms with Crippen molar-refractivity contribution in [3.05, 3.63) is 130 Å². The fourth-order valence-electron chi connectivity index (χ4n) is 4.54. The van der Waals surface area contributed by atoms with Crippen LogP contribution in [-0.4, -0.2) is 15.4 Å². The van der Waals surface area contributed by atoms with Gasteiger partial charge in [-0.3, -0.25) is 24.3 Å². The second kappa shape index (κ2) is 10.5. The van der Waals surface area contributed by atoms with Crippen molar-refractivity contribution in [2.45, 2.75) is 19.8 Å². The summed E-state index contributed by atoms with van der Waals surface area (Å²) in [6.07, 6.45) is 1.73. The monoisotopic (exact) mass is 549 g/mol. The van der Waals surface area contributed by atoms with Crippen LogP contribution in [0.25, 0.3) is 17.5 Å². The third kappa shape index (κ3) is 4.81. The number of nitriles is 1. The Morgan fingerprint density at radius 1 is 1.05 bits per heavy atom. The zero-order chi connectivity index (χ0) is 28.6. The summed E-state index contributed by atoms with van der Waals surface area (Å²) in [6, 6.07) is 22.6. The summed E-state index contributed by atoms with van der Waals surface area (Å²) >= 11 is 1.12. The van der Waals surface area contributed by atoms with E-state index in [2.05, 4.69) is 11.4 Å². The number of nitro groups is 1. The van der Waals surface area contributed by atoms with Crippen LogP contribution in [0.5, 0.6) is 0 Å².